The second-order valence-corrected chi connectivity index (χ2v) is 6.68. The molecule has 31 heavy (non-hydrogen) atoms. The fourth-order valence-corrected chi connectivity index (χ4v) is 3.28. The molecule has 5 nitrogen and oxygen atoms in total. The van der Waals surface area contributed by atoms with Gasteiger partial charge in [-0.3, -0.25) is 4.79 Å². The Kier molecular flexibility index (Phi) is 10.1. The van der Waals surface area contributed by atoms with Gasteiger partial charge in [-0.15, -0.1) is 0 Å². The lowest BCUT2D eigenvalue weighted by atomic mass is 10.1. The van der Waals surface area contributed by atoms with Crippen molar-refractivity contribution in [3.8, 4) is 17.3 Å². The number of nitriles is 1. The minimum absolute atomic E-state index is 0.0733. The van der Waals surface area contributed by atoms with Crippen molar-refractivity contribution in [2.45, 2.75) is 34.6 Å². The van der Waals surface area contributed by atoms with Crippen LogP contribution in [-0.2, 0) is 11.8 Å². The maximum Gasteiger partial charge on any atom is 0.259 e. The monoisotopic (exact) mass is 418 g/mol. The highest BCUT2D eigenvalue weighted by molar-refractivity contribution is 6.00. The third-order valence-corrected chi connectivity index (χ3v) is 5.01. The molecular formula is C26H34N4O. The Morgan fingerprint density at radius 2 is 1.87 bits per heavy atom. The van der Waals surface area contributed by atoms with E-state index in [1.54, 1.807) is 0 Å². The number of primary amides is 1. The lowest BCUT2D eigenvalue weighted by molar-refractivity contribution is -0.114. The first kappa shape index (κ1) is 25.5. The number of carbonyl (C=O) groups is 1. The Hall–Kier alpha value is -3.52. The van der Waals surface area contributed by atoms with E-state index in [-0.39, 0.29) is 5.57 Å². The van der Waals surface area contributed by atoms with Crippen LogP contribution in [0.15, 0.2) is 47.7 Å². The molecule has 1 aromatic heterocycles. The molecule has 2 aromatic rings. The summed E-state index contributed by atoms with van der Waals surface area (Å²) < 4.78 is 1.92. The largest absolute Gasteiger partial charge is 0.372 e. The Morgan fingerprint density at radius 3 is 2.35 bits per heavy atom. The summed E-state index contributed by atoms with van der Waals surface area (Å²) in [6, 6.07) is 11.8. The van der Waals surface area contributed by atoms with Gasteiger partial charge in [0.05, 0.1) is 0 Å². The Bertz CT molecular complexity index is 1110. The predicted molar refractivity (Wildman–Crippen MR) is 131 cm³/mol. The molecule has 0 radical (unpaired) electrons. The van der Waals surface area contributed by atoms with Gasteiger partial charge in [0.25, 0.3) is 5.91 Å². The van der Waals surface area contributed by atoms with Crippen LogP contribution in [0.5, 0.6) is 0 Å². The van der Waals surface area contributed by atoms with Gasteiger partial charge in [0.15, 0.2) is 0 Å². The number of carbonyl (C=O) groups excluding carboxylic acids is 1. The first-order chi connectivity index (χ1) is 14.9. The summed E-state index contributed by atoms with van der Waals surface area (Å²) in [7, 11) is 1.89. The number of benzene rings is 1. The molecular weight excluding hydrogens is 384 g/mol. The van der Waals surface area contributed by atoms with Crippen LogP contribution in [0.2, 0.25) is 0 Å². The normalized spacial score (nSPS) is 12.1. The van der Waals surface area contributed by atoms with E-state index in [0.717, 1.165) is 40.5 Å². The number of hydrogen-bond acceptors (Lipinski definition) is 3. The number of amides is 1. The van der Waals surface area contributed by atoms with Crippen molar-refractivity contribution in [2.75, 3.05) is 13.1 Å². The molecule has 1 heterocycles. The highest BCUT2D eigenvalue weighted by atomic mass is 16.1. The lowest BCUT2D eigenvalue weighted by Gasteiger charge is -2.22. The van der Waals surface area contributed by atoms with Gasteiger partial charge in [-0.05, 0) is 67.1 Å². The van der Waals surface area contributed by atoms with Crippen molar-refractivity contribution in [3.63, 3.8) is 0 Å². The SMILES string of the molecule is C=c1cc(-c2ccc(/C=C(\C#N)C(N)=O)n2C)cc/c1=C/C(=C\C)N(CC)CC.CC. The zero-order valence-corrected chi connectivity index (χ0v) is 19.6. The molecule has 0 saturated carbocycles. The van der Waals surface area contributed by atoms with E-state index in [0.29, 0.717) is 0 Å². The van der Waals surface area contributed by atoms with E-state index in [1.807, 2.05) is 56.7 Å². The summed E-state index contributed by atoms with van der Waals surface area (Å²) in [6.07, 6.45) is 5.77. The standard InChI is InChI=1S/C24H28N4O.C2H6/c1-6-21(28(7-2)8-3)14-18-9-10-19(13-17(18)4)23-12-11-22(27(23)5)15-20(16-25)24(26)29;1-2/h6,9-15H,4,7-8H2,1-3,5H3,(H2,26,29);1-2H3/b18-14-,20-15+,21-6+;. The number of allylic oxidation sites excluding steroid dienone is 2. The Morgan fingerprint density at radius 1 is 1.23 bits per heavy atom. The van der Waals surface area contributed by atoms with Crippen LogP contribution < -0.4 is 16.2 Å². The maximum atomic E-state index is 11.3. The third-order valence-electron chi connectivity index (χ3n) is 5.01. The molecule has 2 rings (SSSR count). The fraction of sp³-hybridized carbons (Fsp3) is 0.308. The molecule has 2 N–H and O–H groups in total. The van der Waals surface area contributed by atoms with Crippen LogP contribution in [-0.4, -0.2) is 28.5 Å². The van der Waals surface area contributed by atoms with Gasteiger partial charge >= 0.3 is 0 Å². The van der Waals surface area contributed by atoms with Crippen molar-refractivity contribution >= 4 is 24.6 Å². The summed E-state index contributed by atoms with van der Waals surface area (Å²) in [5, 5.41) is 11.1. The van der Waals surface area contributed by atoms with E-state index < -0.39 is 5.91 Å². The smallest absolute Gasteiger partial charge is 0.259 e. The predicted octanol–water partition coefficient (Wildman–Crippen LogP) is 3.55. The number of rotatable bonds is 7. The van der Waals surface area contributed by atoms with Gasteiger partial charge in [0, 0.05) is 37.2 Å². The van der Waals surface area contributed by atoms with Crippen molar-refractivity contribution in [3.05, 3.63) is 63.8 Å². The van der Waals surface area contributed by atoms with E-state index >= 15 is 0 Å². The molecule has 0 atom stereocenters. The van der Waals surface area contributed by atoms with Crippen molar-refractivity contribution < 1.29 is 4.79 Å². The second-order valence-electron chi connectivity index (χ2n) is 6.68. The molecule has 1 amide bonds. The molecule has 0 aliphatic carbocycles. The van der Waals surface area contributed by atoms with Crippen LogP contribution in [0, 0.1) is 11.3 Å². The average Bonchev–Trinajstić information content (AvgIpc) is 3.14. The van der Waals surface area contributed by atoms with Crippen molar-refractivity contribution in [1.82, 2.24) is 9.47 Å². The molecule has 164 valence electrons. The molecule has 0 saturated heterocycles. The number of aromatic nitrogens is 1. The van der Waals surface area contributed by atoms with Crippen molar-refractivity contribution in [1.29, 1.82) is 5.26 Å². The lowest BCUT2D eigenvalue weighted by Crippen LogP contribution is -2.27. The summed E-state index contributed by atoms with van der Waals surface area (Å²) in [5.41, 5.74) is 9.04. The van der Waals surface area contributed by atoms with Crippen LogP contribution in [0.25, 0.3) is 30.0 Å². The van der Waals surface area contributed by atoms with Gasteiger partial charge in [-0.1, -0.05) is 38.6 Å². The minimum Gasteiger partial charge on any atom is -0.372 e. The third kappa shape index (κ3) is 6.23. The number of nitrogens with zero attached hydrogens (tertiary/aromatic N) is 3. The van der Waals surface area contributed by atoms with Gasteiger partial charge < -0.3 is 15.2 Å². The van der Waals surface area contributed by atoms with E-state index in [1.165, 1.54) is 11.8 Å². The molecule has 0 unspecified atom stereocenters. The van der Waals surface area contributed by atoms with E-state index in [2.05, 4.69) is 49.6 Å². The average molecular weight is 419 g/mol. The molecule has 0 aliphatic rings. The van der Waals surface area contributed by atoms with E-state index in [4.69, 9.17) is 11.0 Å². The Balaban J connectivity index is 0.00000233. The fourth-order valence-electron chi connectivity index (χ4n) is 3.28. The molecule has 1 aromatic carbocycles. The molecule has 0 bridgehead atoms. The molecule has 0 spiro atoms. The van der Waals surface area contributed by atoms with Crippen LogP contribution >= 0.6 is 0 Å². The summed E-state index contributed by atoms with van der Waals surface area (Å²) in [6.45, 7) is 16.5. The van der Waals surface area contributed by atoms with Crippen LogP contribution in [0.4, 0.5) is 0 Å². The topological polar surface area (TPSA) is 75.0 Å². The Labute approximate surface area is 186 Å². The van der Waals surface area contributed by atoms with Gasteiger partial charge in [-0.25, -0.2) is 0 Å². The summed E-state index contributed by atoms with van der Waals surface area (Å²) in [5.74, 6) is -0.733. The van der Waals surface area contributed by atoms with Crippen LogP contribution in [0.1, 0.15) is 40.3 Å². The summed E-state index contributed by atoms with van der Waals surface area (Å²) >= 11 is 0. The quantitative estimate of drug-likeness (QED) is 0.552. The second kappa shape index (κ2) is 12.2. The van der Waals surface area contributed by atoms with Gasteiger partial charge in [0.1, 0.15) is 11.6 Å². The minimum atomic E-state index is -0.733. The van der Waals surface area contributed by atoms with Crippen LogP contribution in [0.3, 0.4) is 0 Å². The van der Waals surface area contributed by atoms with Gasteiger partial charge in [0.2, 0.25) is 0 Å². The zero-order chi connectivity index (χ0) is 23.6. The van der Waals surface area contributed by atoms with Gasteiger partial charge in [-0.2, -0.15) is 5.26 Å². The number of nitrogens with two attached hydrogens (primary N) is 1. The molecule has 0 fully saturated rings. The molecule has 0 aliphatic heterocycles. The highest BCUT2D eigenvalue weighted by Crippen LogP contribution is 2.21. The van der Waals surface area contributed by atoms with Crippen molar-refractivity contribution in [2.24, 2.45) is 12.8 Å². The highest BCUT2D eigenvalue weighted by Gasteiger charge is 2.09. The first-order valence-electron chi connectivity index (χ1n) is 10.7. The van der Waals surface area contributed by atoms with E-state index in [9.17, 15) is 4.79 Å². The number of hydrogen-bond donors (Lipinski definition) is 1. The molecule has 5 heteroatoms. The first-order valence-corrected chi connectivity index (χ1v) is 10.7. The summed E-state index contributed by atoms with van der Waals surface area (Å²) in [4.78, 5) is 13.6. The zero-order valence-electron chi connectivity index (χ0n) is 19.6. The maximum absolute atomic E-state index is 11.3.